The SMILES string of the molecule is CC1CN(C(CN)c2cc(F)cc(Cl)c2)CC1C. The van der Waals surface area contributed by atoms with Crippen LogP contribution in [0, 0.1) is 17.7 Å². The van der Waals surface area contributed by atoms with E-state index in [9.17, 15) is 4.39 Å². The first kappa shape index (κ1) is 13.8. The molecule has 0 saturated carbocycles. The van der Waals surface area contributed by atoms with E-state index in [0.717, 1.165) is 18.7 Å². The van der Waals surface area contributed by atoms with Crippen molar-refractivity contribution in [3.63, 3.8) is 0 Å². The number of halogens is 2. The van der Waals surface area contributed by atoms with E-state index in [1.807, 2.05) is 6.07 Å². The van der Waals surface area contributed by atoms with Crippen molar-refractivity contribution in [2.75, 3.05) is 19.6 Å². The molecule has 0 spiro atoms. The highest BCUT2D eigenvalue weighted by Crippen LogP contribution is 2.31. The van der Waals surface area contributed by atoms with Crippen LogP contribution in [0.1, 0.15) is 25.5 Å². The lowest BCUT2D eigenvalue weighted by atomic mass is 10.0. The van der Waals surface area contributed by atoms with Crippen molar-refractivity contribution in [3.8, 4) is 0 Å². The molecule has 4 heteroatoms. The van der Waals surface area contributed by atoms with Crippen molar-refractivity contribution in [1.29, 1.82) is 0 Å². The third kappa shape index (κ3) is 2.85. The molecule has 3 atom stereocenters. The monoisotopic (exact) mass is 270 g/mol. The molecule has 0 amide bonds. The molecule has 2 nitrogen and oxygen atoms in total. The fourth-order valence-corrected chi connectivity index (χ4v) is 2.92. The topological polar surface area (TPSA) is 29.3 Å². The summed E-state index contributed by atoms with van der Waals surface area (Å²) in [6, 6.07) is 4.74. The van der Waals surface area contributed by atoms with E-state index >= 15 is 0 Å². The van der Waals surface area contributed by atoms with Crippen LogP contribution in [-0.2, 0) is 0 Å². The summed E-state index contributed by atoms with van der Waals surface area (Å²) in [6.07, 6.45) is 0. The maximum absolute atomic E-state index is 13.4. The minimum Gasteiger partial charge on any atom is -0.329 e. The Labute approximate surface area is 113 Å². The fourth-order valence-electron chi connectivity index (χ4n) is 2.69. The summed E-state index contributed by atoms with van der Waals surface area (Å²) in [5.41, 5.74) is 6.75. The molecule has 0 aromatic heterocycles. The number of rotatable bonds is 3. The summed E-state index contributed by atoms with van der Waals surface area (Å²) in [6.45, 7) is 7.00. The lowest BCUT2D eigenvalue weighted by Gasteiger charge is -2.27. The average Bonchev–Trinajstić information content (AvgIpc) is 2.58. The summed E-state index contributed by atoms with van der Waals surface area (Å²) < 4.78 is 13.4. The van der Waals surface area contributed by atoms with Crippen molar-refractivity contribution >= 4 is 11.6 Å². The zero-order valence-electron chi connectivity index (χ0n) is 10.9. The van der Waals surface area contributed by atoms with Gasteiger partial charge in [0.05, 0.1) is 0 Å². The second-order valence-corrected chi connectivity index (χ2v) is 5.80. The second kappa shape index (κ2) is 5.55. The van der Waals surface area contributed by atoms with E-state index in [2.05, 4.69) is 18.7 Å². The average molecular weight is 271 g/mol. The van der Waals surface area contributed by atoms with E-state index in [1.54, 1.807) is 0 Å². The van der Waals surface area contributed by atoms with Gasteiger partial charge >= 0.3 is 0 Å². The molecule has 0 aliphatic carbocycles. The summed E-state index contributed by atoms with van der Waals surface area (Å²) in [5.74, 6) is 1.02. The van der Waals surface area contributed by atoms with Crippen LogP contribution in [0.2, 0.25) is 5.02 Å². The first-order chi connectivity index (χ1) is 8.51. The Morgan fingerprint density at radius 2 is 1.94 bits per heavy atom. The molecule has 18 heavy (non-hydrogen) atoms. The number of nitrogens with two attached hydrogens (primary N) is 1. The van der Waals surface area contributed by atoms with Crippen molar-refractivity contribution in [2.24, 2.45) is 17.6 Å². The molecule has 1 saturated heterocycles. The van der Waals surface area contributed by atoms with Crippen LogP contribution in [0.15, 0.2) is 18.2 Å². The first-order valence-corrected chi connectivity index (χ1v) is 6.79. The zero-order valence-corrected chi connectivity index (χ0v) is 11.6. The molecule has 2 rings (SSSR count). The minimum absolute atomic E-state index is 0.0607. The van der Waals surface area contributed by atoms with Crippen LogP contribution >= 0.6 is 11.6 Å². The summed E-state index contributed by atoms with van der Waals surface area (Å²) in [5, 5.41) is 0.434. The van der Waals surface area contributed by atoms with E-state index in [0.29, 0.717) is 23.4 Å². The van der Waals surface area contributed by atoms with E-state index in [1.165, 1.54) is 12.1 Å². The van der Waals surface area contributed by atoms with Gasteiger partial charge in [0.1, 0.15) is 5.82 Å². The van der Waals surface area contributed by atoms with Crippen LogP contribution in [0.4, 0.5) is 4.39 Å². The summed E-state index contributed by atoms with van der Waals surface area (Å²) >= 11 is 5.92. The van der Waals surface area contributed by atoms with Gasteiger partial charge in [-0.3, -0.25) is 4.90 Å². The van der Waals surface area contributed by atoms with Crippen LogP contribution < -0.4 is 5.73 Å². The van der Waals surface area contributed by atoms with Crippen molar-refractivity contribution in [1.82, 2.24) is 4.90 Å². The quantitative estimate of drug-likeness (QED) is 0.915. The molecule has 1 aliphatic rings. The predicted octanol–water partition coefficient (Wildman–Crippen LogP) is 3.07. The smallest absolute Gasteiger partial charge is 0.125 e. The van der Waals surface area contributed by atoms with Gasteiger partial charge in [0.15, 0.2) is 0 Å². The molecule has 3 unspecified atom stereocenters. The summed E-state index contributed by atoms with van der Waals surface area (Å²) in [7, 11) is 0. The van der Waals surface area contributed by atoms with E-state index in [4.69, 9.17) is 17.3 Å². The molecule has 2 N–H and O–H groups in total. The van der Waals surface area contributed by atoms with Crippen LogP contribution in [0.5, 0.6) is 0 Å². The van der Waals surface area contributed by atoms with E-state index in [-0.39, 0.29) is 11.9 Å². The van der Waals surface area contributed by atoms with Gasteiger partial charge in [-0.1, -0.05) is 25.4 Å². The molecule has 0 bridgehead atoms. The minimum atomic E-state index is -0.295. The molecule has 100 valence electrons. The maximum Gasteiger partial charge on any atom is 0.125 e. The van der Waals surface area contributed by atoms with Crippen LogP contribution in [0.25, 0.3) is 0 Å². The van der Waals surface area contributed by atoms with Gasteiger partial charge < -0.3 is 5.73 Å². The van der Waals surface area contributed by atoms with Gasteiger partial charge in [0.25, 0.3) is 0 Å². The molecule has 1 fully saturated rings. The van der Waals surface area contributed by atoms with Gasteiger partial charge in [-0.25, -0.2) is 4.39 Å². The summed E-state index contributed by atoms with van der Waals surface area (Å²) in [4.78, 5) is 2.33. The van der Waals surface area contributed by atoms with Crippen molar-refractivity contribution < 1.29 is 4.39 Å². The Bertz CT molecular complexity index is 394. The molecular formula is C14H20ClFN2. The first-order valence-electron chi connectivity index (χ1n) is 6.41. The van der Waals surface area contributed by atoms with Gasteiger partial charge in [0, 0.05) is 30.7 Å². The molecule has 0 radical (unpaired) electrons. The number of likely N-dealkylation sites (tertiary alicyclic amines) is 1. The van der Waals surface area contributed by atoms with Crippen LogP contribution in [0.3, 0.4) is 0 Å². The highest BCUT2D eigenvalue weighted by molar-refractivity contribution is 6.30. The third-order valence-corrected chi connectivity index (χ3v) is 4.17. The van der Waals surface area contributed by atoms with Gasteiger partial charge in [-0.15, -0.1) is 0 Å². The zero-order chi connectivity index (χ0) is 13.3. The Kier molecular flexibility index (Phi) is 4.25. The molecule has 1 aliphatic heterocycles. The fraction of sp³-hybridized carbons (Fsp3) is 0.571. The maximum atomic E-state index is 13.4. The second-order valence-electron chi connectivity index (χ2n) is 5.36. The molecule has 1 heterocycles. The highest BCUT2D eigenvalue weighted by atomic mass is 35.5. The Morgan fingerprint density at radius 1 is 1.33 bits per heavy atom. The lowest BCUT2D eigenvalue weighted by molar-refractivity contribution is 0.239. The van der Waals surface area contributed by atoms with Gasteiger partial charge in [-0.05, 0) is 35.6 Å². The normalized spacial score (nSPS) is 26.5. The number of nitrogens with zero attached hydrogens (tertiary/aromatic N) is 1. The largest absolute Gasteiger partial charge is 0.329 e. The standard InChI is InChI=1S/C14H20ClFN2/c1-9-7-18(8-10(9)2)14(6-17)11-3-12(15)5-13(16)4-11/h3-5,9-10,14H,6-8,17H2,1-2H3. The third-order valence-electron chi connectivity index (χ3n) is 3.95. The van der Waals surface area contributed by atoms with E-state index < -0.39 is 0 Å². The number of benzene rings is 1. The van der Waals surface area contributed by atoms with Crippen molar-refractivity contribution in [2.45, 2.75) is 19.9 Å². The number of hydrogen-bond acceptors (Lipinski definition) is 2. The van der Waals surface area contributed by atoms with Crippen LogP contribution in [-0.4, -0.2) is 24.5 Å². The molecule has 1 aromatic carbocycles. The van der Waals surface area contributed by atoms with Crippen molar-refractivity contribution in [3.05, 3.63) is 34.6 Å². The lowest BCUT2D eigenvalue weighted by Crippen LogP contribution is -2.32. The molecular weight excluding hydrogens is 251 g/mol. The Hall–Kier alpha value is -0.640. The Balaban J connectivity index is 2.23. The van der Waals surface area contributed by atoms with Gasteiger partial charge in [-0.2, -0.15) is 0 Å². The number of hydrogen-bond donors (Lipinski definition) is 1. The predicted molar refractivity (Wildman–Crippen MR) is 73.1 cm³/mol. The Morgan fingerprint density at radius 3 is 2.44 bits per heavy atom. The molecule has 1 aromatic rings. The highest BCUT2D eigenvalue weighted by Gasteiger charge is 2.31. The van der Waals surface area contributed by atoms with Gasteiger partial charge in [0.2, 0.25) is 0 Å².